The number of unbranched alkanes of at least 4 members (excludes halogenated alkanes) is 1. The first kappa shape index (κ1) is 24.7. The first-order chi connectivity index (χ1) is 18.3. The van der Waals surface area contributed by atoms with Crippen LogP contribution in [0.2, 0.25) is 0 Å². The number of ether oxygens (including phenoxy) is 1. The third-order valence-corrected chi connectivity index (χ3v) is 7.45. The molecule has 0 N–H and O–H groups in total. The van der Waals surface area contributed by atoms with Crippen molar-refractivity contribution < 1.29 is 4.74 Å². The zero-order valence-corrected chi connectivity index (χ0v) is 21.6. The lowest BCUT2D eigenvalue weighted by Gasteiger charge is -2.44. The van der Waals surface area contributed by atoms with Gasteiger partial charge in [-0.1, -0.05) is 141 Å². The van der Waals surface area contributed by atoms with E-state index in [1.165, 1.54) is 33.0 Å². The van der Waals surface area contributed by atoms with Gasteiger partial charge >= 0.3 is 0 Å². The monoisotopic (exact) mass is 481 g/mol. The number of rotatable bonds is 10. The summed E-state index contributed by atoms with van der Waals surface area (Å²) in [6, 6.07) is 50.7. The Morgan fingerprint density at radius 1 is 0.514 bits per heavy atom. The molecule has 0 saturated heterocycles. The highest BCUT2D eigenvalue weighted by molar-refractivity contribution is 7.19. The molecule has 1 nitrogen and oxygen atoms in total. The van der Waals surface area contributed by atoms with Gasteiger partial charge in [0.2, 0.25) is 0 Å². The predicted molar refractivity (Wildman–Crippen MR) is 160 cm³/mol. The van der Waals surface area contributed by atoms with Gasteiger partial charge in [-0.2, -0.15) is 21.9 Å². The molecule has 2 heteroatoms. The molecule has 0 fully saturated rings. The third-order valence-electron chi connectivity index (χ3n) is 7.45. The summed E-state index contributed by atoms with van der Waals surface area (Å²) < 4.78 is 5.86. The minimum Gasteiger partial charge on any atom is -0.494 e. The molecular weight excluding hydrogens is 447 g/mol. The molecule has 0 spiro atoms. The lowest BCUT2D eigenvalue weighted by Crippen LogP contribution is -2.74. The fourth-order valence-electron chi connectivity index (χ4n) is 5.63. The second-order valence-electron chi connectivity index (χ2n) is 9.87. The Morgan fingerprint density at radius 2 is 1.03 bits per heavy atom. The highest BCUT2D eigenvalue weighted by Crippen LogP contribution is 2.17. The molecule has 0 aromatic heterocycles. The maximum absolute atomic E-state index is 5.86. The van der Waals surface area contributed by atoms with Crippen LogP contribution < -0.4 is 26.6 Å². The van der Waals surface area contributed by atoms with E-state index in [1.54, 1.807) is 0 Å². The van der Waals surface area contributed by atoms with Gasteiger partial charge in [-0.05, 0) is 36.1 Å². The van der Waals surface area contributed by atoms with Gasteiger partial charge in [0.1, 0.15) is 11.9 Å². The molecule has 0 aliphatic rings. The maximum Gasteiger partial charge on any atom is 0.119 e. The Kier molecular flexibility index (Phi) is 7.86. The summed E-state index contributed by atoms with van der Waals surface area (Å²) >= 11 is 0. The van der Waals surface area contributed by atoms with E-state index >= 15 is 0 Å². The summed E-state index contributed by atoms with van der Waals surface area (Å²) in [7, 11) is 0. The Hall–Kier alpha value is -4.04. The summed E-state index contributed by atoms with van der Waals surface area (Å²) in [6.07, 6.45) is 1.76. The Bertz CT molecular complexity index is 1280. The van der Waals surface area contributed by atoms with E-state index in [0.29, 0.717) is 0 Å². The molecule has 0 radical (unpaired) electrons. The maximum atomic E-state index is 5.86. The van der Waals surface area contributed by atoms with Crippen molar-refractivity contribution in [3.63, 3.8) is 0 Å². The van der Waals surface area contributed by atoms with E-state index in [1.807, 2.05) is 0 Å². The SMILES string of the molecule is CCCCOc1ccc(Cc2cccc([B-](c3ccccc3)(c3ccccc3)c3ccccc3)c2)cc1. The normalized spacial score (nSPS) is 11.3. The molecule has 184 valence electrons. The van der Waals surface area contributed by atoms with E-state index in [0.717, 1.165) is 31.6 Å². The smallest absolute Gasteiger partial charge is 0.119 e. The topological polar surface area (TPSA) is 9.23 Å². The molecule has 5 aromatic rings. The van der Waals surface area contributed by atoms with Crippen LogP contribution in [0.1, 0.15) is 30.9 Å². The van der Waals surface area contributed by atoms with Crippen LogP contribution in [0.15, 0.2) is 140 Å². The van der Waals surface area contributed by atoms with Gasteiger partial charge in [0, 0.05) is 0 Å². The van der Waals surface area contributed by atoms with Crippen LogP contribution in [0.4, 0.5) is 0 Å². The quantitative estimate of drug-likeness (QED) is 0.180. The molecule has 0 saturated carbocycles. The second-order valence-corrected chi connectivity index (χ2v) is 9.87. The van der Waals surface area contributed by atoms with Gasteiger partial charge in [0.05, 0.1) is 6.61 Å². The first-order valence-corrected chi connectivity index (χ1v) is 13.4. The average Bonchev–Trinajstić information content (AvgIpc) is 2.97. The lowest BCUT2D eigenvalue weighted by atomic mass is 9.13. The van der Waals surface area contributed by atoms with Crippen LogP contribution >= 0.6 is 0 Å². The molecule has 5 rings (SSSR count). The van der Waals surface area contributed by atoms with Crippen LogP contribution in [-0.2, 0) is 6.42 Å². The average molecular weight is 481 g/mol. The Labute approximate surface area is 221 Å². The van der Waals surface area contributed by atoms with Crippen molar-refractivity contribution in [1.29, 1.82) is 0 Å². The molecule has 0 aliphatic heterocycles. The fourth-order valence-corrected chi connectivity index (χ4v) is 5.63. The predicted octanol–water partition coefficient (Wildman–Crippen LogP) is 5.83. The molecule has 0 atom stereocenters. The molecule has 0 aliphatic carbocycles. The minimum absolute atomic E-state index is 0.778. The van der Waals surface area contributed by atoms with Gasteiger partial charge in [-0.3, -0.25) is 0 Å². The van der Waals surface area contributed by atoms with Gasteiger partial charge in [0.15, 0.2) is 0 Å². The summed E-state index contributed by atoms with van der Waals surface area (Å²) in [5.41, 5.74) is 7.91. The third kappa shape index (κ3) is 5.39. The summed E-state index contributed by atoms with van der Waals surface area (Å²) in [5, 5.41) is 0. The van der Waals surface area contributed by atoms with Crippen LogP contribution in [0.3, 0.4) is 0 Å². The van der Waals surface area contributed by atoms with Crippen molar-refractivity contribution in [2.75, 3.05) is 6.61 Å². The minimum atomic E-state index is -1.35. The van der Waals surface area contributed by atoms with E-state index in [2.05, 4.69) is 146 Å². The van der Waals surface area contributed by atoms with Crippen LogP contribution in [0.25, 0.3) is 0 Å². The van der Waals surface area contributed by atoms with Gasteiger partial charge < -0.3 is 4.74 Å². The Morgan fingerprint density at radius 3 is 1.54 bits per heavy atom. The summed E-state index contributed by atoms with van der Waals surface area (Å²) in [5.74, 6) is 0.950. The first-order valence-electron chi connectivity index (χ1n) is 13.4. The molecule has 0 bridgehead atoms. The fraction of sp³-hybridized carbons (Fsp3) is 0.143. The van der Waals surface area contributed by atoms with Crippen molar-refractivity contribution in [2.45, 2.75) is 26.2 Å². The van der Waals surface area contributed by atoms with Crippen molar-refractivity contribution in [1.82, 2.24) is 0 Å². The van der Waals surface area contributed by atoms with E-state index in [-0.39, 0.29) is 0 Å². The Balaban J connectivity index is 1.58. The summed E-state index contributed by atoms with van der Waals surface area (Å²) in [4.78, 5) is 0. The van der Waals surface area contributed by atoms with Gasteiger partial charge in [0.25, 0.3) is 0 Å². The zero-order chi connectivity index (χ0) is 25.3. The van der Waals surface area contributed by atoms with Crippen LogP contribution in [0.5, 0.6) is 5.75 Å². The van der Waals surface area contributed by atoms with Gasteiger partial charge in [-0.25, -0.2) is 0 Å². The van der Waals surface area contributed by atoms with E-state index in [4.69, 9.17) is 4.74 Å². The van der Waals surface area contributed by atoms with E-state index < -0.39 is 6.15 Å². The molecule has 0 unspecified atom stereocenters. The molecule has 37 heavy (non-hydrogen) atoms. The van der Waals surface area contributed by atoms with Crippen molar-refractivity contribution in [2.24, 2.45) is 0 Å². The standard InChI is InChI=1S/C35H34BO/c1-2-3-26-37-35-24-22-29(23-25-35)27-30-14-13-21-34(28-30)36(31-15-7-4-8-16-31,32-17-9-5-10-18-32)33-19-11-6-12-20-33/h4-25,28H,2-3,26-27H2,1H3/q-1. The largest absolute Gasteiger partial charge is 0.494 e. The lowest BCUT2D eigenvalue weighted by molar-refractivity contribution is 0.309. The molecule has 5 aromatic carbocycles. The highest BCUT2D eigenvalue weighted by Gasteiger charge is 2.31. The number of benzene rings is 5. The van der Waals surface area contributed by atoms with Crippen molar-refractivity contribution in [3.05, 3.63) is 151 Å². The summed E-state index contributed by atoms with van der Waals surface area (Å²) in [6.45, 7) is 2.96. The van der Waals surface area contributed by atoms with Crippen LogP contribution in [-0.4, -0.2) is 12.8 Å². The number of hydrogen-bond acceptors (Lipinski definition) is 1. The molecule has 0 amide bonds. The molecule has 0 heterocycles. The van der Waals surface area contributed by atoms with Crippen LogP contribution in [0, 0.1) is 0 Å². The highest BCUT2D eigenvalue weighted by atomic mass is 16.5. The van der Waals surface area contributed by atoms with Crippen molar-refractivity contribution >= 4 is 28.0 Å². The van der Waals surface area contributed by atoms with E-state index in [9.17, 15) is 0 Å². The zero-order valence-electron chi connectivity index (χ0n) is 21.6. The molecular formula is C35H34BO-. The van der Waals surface area contributed by atoms with Crippen molar-refractivity contribution in [3.8, 4) is 5.75 Å². The number of hydrogen-bond donors (Lipinski definition) is 0. The van der Waals surface area contributed by atoms with Gasteiger partial charge in [-0.15, -0.1) is 0 Å². The second kappa shape index (κ2) is 11.8.